The van der Waals surface area contributed by atoms with E-state index < -0.39 is 10.0 Å². The highest BCUT2D eigenvalue weighted by atomic mass is 32.2. The van der Waals surface area contributed by atoms with Gasteiger partial charge in [-0.05, 0) is 55.0 Å². The standard InChI is InChI=1S/C19H21FN2O3S2/c1-26-18-9-8-16(12-17(18)19(23)22-10-2-3-11-22)27(24,25)21-13-14-4-6-15(20)7-5-14/h4-9,12,21H,2-3,10-11,13H2,1H3. The molecule has 0 saturated carbocycles. The predicted octanol–water partition coefficient (Wildman–Crippen LogP) is 3.26. The Balaban J connectivity index is 1.83. The van der Waals surface area contributed by atoms with Crippen molar-refractivity contribution >= 4 is 27.7 Å². The van der Waals surface area contributed by atoms with Gasteiger partial charge in [0.25, 0.3) is 5.91 Å². The summed E-state index contributed by atoms with van der Waals surface area (Å²) in [5, 5.41) is 0. The maximum atomic E-state index is 13.0. The van der Waals surface area contributed by atoms with Gasteiger partial charge < -0.3 is 4.90 Å². The van der Waals surface area contributed by atoms with E-state index in [4.69, 9.17) is 0 Å². The molecule has 1 amide bonds. The minimum absolute atomic E-state index is 0.0439. The summed E-state index contributed by atoms with van der Waals surface area (Å²) in [7, 11) is -3.80. The number of carbonyl (C=O) groups excluding carboxylic acids is 1. The third-order valence-electron chi connectivity index (χ3n) is 4.48. The first-order valence-electron chi connectivity index (χ1n) is 8.62. The summed E-state index contributed by atoms with van der Waals surface area (Å²) in [6.07, 6.45) is 3.80. The first-order valence-corrected chi connectivity index (χ1v) is 11.3. The molecule has 1 aliphatic rings. The van der Waals surface area contributed by atoms with Crippen LogP contribution in [0.15, 0.2) is 52.3 Å². The zero-order valence-electron chi connectivity index (χ0n) is 14.9. The monoisotopic (exact) mass is 408 g/mol. The van der Waals surface area contributed by atoms with Crippen molar-refractivity contribution in [2.75, 3.05) is 19.3 Å². The molecule has 3 rings (SSSR count). The fourth-order valence-electron chi connectivity index (χ4n) is 2.98. The molecule has 1 heterocycles. The fourth-order valence-corrected chi connectivity index (χ4v) is 4.59. The van der Waals surface area contributed by atoms with Crippen molar-refractivity contribution in [1.82, 2.24) is 9.62 Å². The van der Waals surface area contributed by atoms with Crippen LogP contribution in [0.2, 0.25) is 0 Å². The van der Waals surface area contributed by atoms with Gasteiger partial charge in [0.2, 0.25) is 10.0 Å². The molecule has 8 heteroatoms. The molecule has 5 nitrogen and oxygen atoms in total. The predicted molar refractivity (Wildman–Crippen MR) is 104 cm³/mol. The SMILES string of the molecule is CSc1ccc(S(=O)(=O)NCc2ccc(F)cc2)cc1C(=O)N1CCCC1. The molecule has 1 aliphatic heterocycles. The molecule has 0 unspecified atom stereocenters. The number of sulfonamides is 1. The van der Waals surface area contributed by atoms with Crippen LogP contribution in [0.25, 0.3) is 0 Å². The highest BCUT2D eigenvalue weighted by Gasteiger charge is 2.24. The maximum absolute atomic E-state index is 13.0. The van der Waals surface area contributed by atoms with Gasteiger partial charge in [0.1, 0.15) is 5.82 Å². The van der Waals surface area contributed by atoms with Gasteiger partial charge in [0.05, 0.1) is 10.5 Å². The van der Waals surface area contributed by atoms with Crippen molar-refractivity contribution in [3.8, 4) is 0 Å². The Labute approximate surface area is 163 Å². The Morgan fingerprint density at radius 1 is 1.15 bits per heavy atom. The number of rotatable bonds is 6. The summed E-state index contributed by atoms with van der Waals surface area (Å²) in [4.78, 5) is 15.3. The van der Waals surface area contributed by atoms with E-state index in [2.05, 4.69) is 4.72 Å². The van der Waals surface area contributed by atoms with Crippen molar-refractivity contribution < 1.29 is 17.6 Å². The number of carbonyl (C=O) groups is 1. The van der Waals surface area contributed by atoms with Gasteiger partial charge in [0, 0.05) is 24.5 Å². The van der Waals surface area contributed by atoms with Crippen LogP contribution in [0.4, 0.5) is 4.39 Å². The Hall–Kier alpha value is -1.90. The second kappa shape index (κ2) is 8.41. The summed E-state index contributed by atoms with van der Waals surface area (Å²) >= 11 is 1.42. The number of hydrogen-bond acceptors (Lipinski definition) is 4. The number of hydrogen-bond donors (Lipinski definition) is 1. The number of thioether (sulfide) groups is 1. The molecule has 2 aromatic carbocycles. The molecule has 0 spiro atoms. The summed E-state index contributed by atoms with van der Waals surface area (Å²) in [6.45, 7) is 1.45. The van der Waals surface area contributed by atoms with Gasteiger partial charge in [-0.3, -0.25) is 4.79 Å². The fraction of sp³-hybridized carbons (Fsp3) is 0.316. The van der Waals surface area contributed by atoms with Crippen LogP contribution in [0.5, 0.6) is 0 Å². The molecule has 0 aromatic heterocycles. The van der Waals surface area contributed by atoms with Crippen LogP contribution in [0, 0.1) is 5.82 Å². The molecule has 0 radical (unpaired) electrons. The molecule has 1 saturated heterocycles. The van der Waals surface area contributed by atoms with E-state index in [1.807, 2.05) is 6.26 Å². The summed E-state index contributed by atoms with van der Waals surface area (Å²) in [5.74, 6) is -0.508. The zero-order valence-corrected chi connectivity index (χ0v) is 16.6. The third-order valence-corrected chi connectivity index (χ3v) is 6.68. The van der Waals surface area contributed by atoms with Crippen LogP contribution in [-0.2, 0) is 16.6 Å². The van der Waals surface area contributed by atoms with Gasteiger partial charge in [-0.25, -0.2) is 17.5 Å². The number of nitrogens with one attached hydrogen (secondary N) is 1. The number of nitrogens with zero attached hydrogens (tertiary/aromatic N) is 1. The van der Waals surface area contributed by atoms with Gasteiger partial charge in [-0.15, -0.1) is 11.8 Å². The van der Waals surface area contributed by atoms with E-state index in [0.29, 0.717) is 24.2 Å². The van der Waals surface area contributed by atoms with Crippen molar-refractivity contribution in [2.45, 2.75) is 29.2 Å². The lowest BCUT2D eigenvalue weighted by Crippen LogP contribution is -2.29. The Kier molecular flexibility index (Phi) is 6.18. The molecular formula is C19H21FN2O3S2. The molecule has 2 aromatic rings. The minimum Gasteiger partial charge on any atom is -0.339 e. The van der Waals surface area contributed by atoms with E-state index in [-0.39, 0.29) is 23.2 Å². The second-order valence-corrected chi connectivity index (χ2v) is 8.93. The molecule has 0 bridgehead atoms. The Bertz CT molecular complexity index is 924. The van der Waals surface area contributed by atoms with Gasteiger partial charge in [-0.1, -0.05) is 12.1 Å². The maximum Gasteiger partial charge on any atom is 0.255 e. The van der Waals surface area contributed by atoms with Crippen LogP contribution >= 0.6 is 11.8 Å². The number of benzene rings is 2. The van der Waals surface area contributed by atoms with Crippen molar-refractivity contribution in [3.05, 3.63) is 59.4 Å². The average molecular weight is 409 g/mol. The number of likely N-dealkylation sites (tertiary alicyclic amines) is 1. The van der Waals surface area contributed by atoms with Gasteiger partial charge in [-0.2, -0.15) is 0 Å². The minimum atomic E-state index is -3.80. The average Bonchev–Trinajstić information content (AvgIpc) is 3.21. The Morgan fingerprint density at radius 2 is 1.81 bits per heavy atom. The largest absolute Gasteiger partial charge is 0.339 e. The number of amides is 1. The Morgan fingerprint density at radius 3 is 2.44 bits per heavy atom. The van der Waals surface area contributed by atoms with Crippen molar-refractivity contribution in [3.63, 3.8) is 0 Å². The van der Waals surface area contributed by atoms with E-state index in [1.165, 1.54) is 48.2 Å². The summed E-state index contributed by atoms with van der Waals surface area (Å²) < 4.78 is 40.8. The first kappa shape index (κ1) is 19.9. The second-order valence-electron chi connectivity index (χ2n) is 6.31. The summed E-state index contributed by atoms with van der Waals surface area (Å²) in [6, 6.07) is 10.2. The molecule has 0 atom stereocenters. The third kappa shape index (κ3) is 4.69. The van der Waals surface area contributed by atoms with E-state index in [9.17, 15) is 17.6 Å². The lowest BCUT2D eigenvalue weighted by atomic mass is 10.2. The van der Waals surface area contributed by atoms with E-state index in [0.717, 1.165) is 17.7 Å². The molecular weight excluding hydrogens is 387 g/mol. The lowest BCUT2D eigenvalue weighted by molar-refractivity contribution is 0.0789. The van der Waals surface area contributed by atoms with Crippen molar-refractivity contribution in [1.29, 1.82) is 0 Å². The quantitative estimate of drug-likeness (QED) is 0.745. The van der Waals surface area contributed by atoms with Crippen LogP contribution < -0.4 is 4.72 Å². The highest BCUT2D eigenvalue weighted by Crippen LogP contribution is 2.26. The van der Waals surface area contributed by atoms with E-state index >= 15 is 0 Å². The smallest absolute Gasteiger partial charge is 0.255 e. The highest BCUT2D eigenvalue weighted by molar-refractivity contribution is 7.98. The summed E-state index contributed by atoms with van der Waals surface area (Å²) in [5.41, 5.74) is 1.06. The van der Waals surface area contributed by atoms with E-state index in [1.54, 1.807) is 11.0 Å². The first-order chi connectivity index (χ1) is 12.9. The molecule has 27 heavy (non-hydrogen) atoms. The van der Waals surface area contributed by atoms with Crippen LogP contribution in [0.1, 0.15) is 28.8 Å². The molecule has 0 aliphatic carbocycles. The van der Waals surface area contributed by atoms with Gasteiger partial charge >= 0.3 is 0 Å². The normalized spacial score (nSPS) is 14.5. The zero-order chi connectivity index (χ0) is 19.4. The van der Waals surface area contributed by atoms with Gasteiger partial charge in [0.15, 0.2) is 0 Å². The van der Waals surface area contributed by atoms with Crippen LogP contribution in [-0.4, -0.2) is 38.6 Å². The van der Waals surface area contributed by atoms with Crippen LogP contribution in [0.3, 0.4) is 0 Å². The molecule has 144 valence electrons. The lowest BCUT2D eigenvalue weighted by Gasteiger charge is -2.18. The number of halogens is 1. The molecule has 1 fully saturated rings. The molecule has 1 N–H and O–H groups in total. The topological polar surface area (TPSA) is 66.5 Å². The van der Waals surface area contributed by atoms with Crippen molar-refractivity contribution in [2.24, 2.45) is 0 Å².